The number of carbonyl (C=O) groups is 1. The number of anilines is 2. The van der Waals surface area contributed by atoms with Crippen LogP contribution in [0.2, 0.25) is 0 Å². The highest BCUT2D eigenvalue weighted by Crippen LogP contribution is 2.26. The highest BCUT2D eigenvalue weighted by molar-refractivity contribution is 5.94. The van der Waals surface area contributed by atoms with E-state index in [1.807, 2.05) is 32.2 Å². The van der Waals surface area contributed by atoms with Gasteiger partial charge in [0.15, 0.2) is 0 Å². The molecule has 1 atom stereocenters. The van der Waals surface area contributed by atoms with Gasteiger partial charge in [-0.25, -0.2) is 4.98 Å². The van der Waals surface area contributed by atoms with Crippen LogP contribution in [0.15, 0.2) is 30.5 Å². The number of piperazine rings is 1. The first-order valence-corrected chi connectivity index (χ1v) is 13.1. The maximum absolute atomic E-state index is 12.8. The molecule has 0 bridgehead atoms. The molecule has 1 aromatic carbocycles. The summed E-state index contributed by atoms with van der Waals surface area (Å²) in [5.74, 6) is 1.07. The average molecular weight is 479 g/mol. The highest BCUT2D eigenvalue weighted by Gasteiger charge is 2.29. The predicted octanol–water partition coefficient (Wildman–Crippen LogP) is 2.48. The molecule has 0 radical (unpaired) electrons. The van der Waals surface area contributed by atoms with Gasteiger partial charge >= 0.3 is 0 Å². The fourth-order valence-electron chi connectivity index (χ4n) is 5.75. The lowest BCUT2D eigenvalue weighted by molar-refractivity contribution is 0.0474. The van der Waals surface area contributed by atoms with Crippen LogP contribution in [-0.4, -0.2) is 95.3 Å². The molecule has 1 aromatic heterocycles. The molecule has 3 aliphatic rings. The van der Waals surface area contributed by atoms with E-state index in [0.29, 0.717) is 18.2 Å². The minimum absolute atomic E-state index is 0.0278. The van der Waals surface area contributed by atoms with Gasteiger partial charge in [0.2, 0.25) is 0 Å². The third kappa shape index (κ3) is 5.43. The van der Waals surface area contributed by atoms with E-state index < -0.39 is 6.10 Å². The Balaban J connectivity index is 1.11. The second-order valence-electron chi connectivity index (χ2n) is 10.3. The van der Waals surface area contributed by atoms with E-state index in [-0.39, 0.29) is 5.91 Å². The third-order valence-electron chi connectivity index (χ3n) is 7.81. The number of piperidine rings is 2. The summed E-state index contributed by atoms with van der Waals surface area (Å²) >= 11 is 0. The first kappa shape index (κ1) is 24.0. The molecule has 0 unspecified atom stereocenters. The number of benzene rings is 1. The minimum atomic E-state index is -0.392. The molecule has 1 N–H and O–H groups in total. The van der Waals surface area contributed by atoms with E-state index in [2.05, 4.69) is 31.8 Å². The van der Waals surface area contributed by atoms with E-state index in [1.54, 1.807) is 4.90 Å². The molecule has 2 aromatic rings. The molecule has 0 aliphatic carbocycles. The van der Waals surface area contributed by atoms with Gasteiger partial charge in [-0.15, -0.1) is 0 Å². The topological polar surface area (TPSA) is 76.0 Å². The van der Waals surface area contributed by atoms with Gasteiger partial charge in [-0.05, 0) is 63.8 Å². The number of rotatable bonds is 4. The summed E-state index contributed by atoms with van der Waals surface area (Å²) < 4.78 is 0. The van der Waals surface area contributed by atoms with E-state index in [1.165, 1.54) is 5.69 Å². The van der Waals surface area contributed by atoms with Gasteiger partial charge in [-0.2, -0.15) is 0 Å². The van der Waals surface area contributed by atoms with Gasteiger partial charge in [0, 0.05) is 75.8 Å². The second-order valence-corrected chi connectivity index (χ2v) is 10.3. The quantitative estimate of drug-likeness (QED) is 0.724. The molecule has 8 heteroatoms. The largest absolute Gasteiger partial charge is 0.391 e. The summed E-state index contributed by atoms with van der Waals surface area (Å²) in [6.07, 6.45) is 5.43. The Bertz CT molecular complexity index is 1010. The van der Waals surface area contributed by atoms with E-state index in [4.69, 9.17) is 4.98 Å². The van der Waals surface area contributed by atoms with Crippen molar-refractivity contribution in [2.75, 3.05) is 62.2 Å². The number of likely N-dealkylation sites (tertiary alicyclic amines) is 1. The number of aliphatic hydroxyl groups excluding tert-OH is 1. The van der Waals surface area contributed by atoms with Crippen LogP contribution < -0.4 is 9.80 Å². The summed E-state index contributed by atoms with van der Waals surface area (Å²) in [7, 11) is 0. The van der Waals surface area contributed by atoms with Crippen LogP contribution in [-0.2, 0) is 0 Å². The zero-order valence-corrected chi connectivity index (χ0v) is 21.1. The predicted molar refractivity (Wildman–Crippen MR) is 138 cm³/mol. The van der Waals surface area contributed by atoms with Crippen molar-refractivity contribution >= 4 is 17.4 Å². The summed E-state index contributed by atoms with van der Waals surface area (Å²) in [5, 5.41) is 9.88. The van der Waals surface area contributed by atoms with Crippen LogP contribution in [0, 0.1) is 13.8 Å². The average Bonchev–Trinajstić information content (AvgIpc) is 2.90. The van der Waals surface area contributed by atoms with Crippen molar-refractivity contribution in [3.63, 3.8) is 0 Å². The Hall–Kier alpha value is -2.71. The Morgan fingerprint density at radius 3 is 2.31 bits per heavy atom. The fourth-order valence-corrected chi connectivity index (χ4v) is 5.75. The van der Waals surface area contributed by atoms with E-state index in [9.17, 15) is 9.90 Å². The lowest BCUT2D eigenvalue weighted by atomic mass is 10.0. The van der Waals surface area contributed by atoms with Gasteiger partial charge in [0.1, 0.15) is 5.82 Å². The zero-order chi connectivity index (χ0) is 24.4. The summed E-state index contributed by atoms with van der Waals surface area (Å²) in [5.41, 5.74) is 3.89. The number of aliphatic hydroxyl groups is 1. The molecule has 4 heterocycles. The van der Waals surface area contributed by atoms with Gasteiger partial charge in [0.05, 0.1) is 17.5 Å². The Labute approximate surface area is 208 Å². The molecule has 3 aliphatic heterocycles. The molecule has 35 heavy (non-hydrogen) atoms. The van der Waals surface area contributed by atoms with Crippen LogP contribution in [0.4, 0.5) is 11.5 Å². The van der Waals surface area contributed by atoms with Gasteiger partial charge in [-0.3, -0.25) is 14.7 Å². The lowest BCUT2D eigenvalue weighted by Crippen LogP contribution is -2.53. The van der Waals surface area contributed by atoms with Crippen LogP contribution >= 0.6 is 0 Å². The maximum atomic E-state index is 12.8. The molecule has 5 rings (SSSR count). The number of aryl methyl sites for hydroxylation is 2. The number of hydrogen-bond acceptors (Lipinski definition) is 7. The van der Waals surface area contributed by atoms with Crippen molar-refractivity contribution in [1.82, 2.24) is 19.8 Å². The Kier molecular flexibility index (Phi) is 7.20. The second kappa shape index (κ2) is 10.5. The zero-order valence-electron chi connectivity index (χ0n) is 21.1. The molecular formula is C27H38N6O2. The third-order valence-corrected chi connectivity index (χ3v) is 7.81. The molecule has 188 valence electrons. The molecule has 1 amide bonds. The molecule has 0 spiro atoms. The number of β-amino-alcohol motifs (C(OH)–C–C–N with tert-alkyl or cyclic N) is 1. The number of nitrogens with zero attached hydrogens (tertiary/aromatic N) is 6. The SMILES string of the molecule is Cc1cnc(C)c(N2CCN(C3CCN(c4ccc(C(=O)N5CCC[C@@H](O)C5)cc4)CC3)CC2)n1. The normalized spacial score (nSPS) is 22.5. The monoisotopic (exact) mass is 478 g/mol. The number of carbonyl (C=O) groups excluding carboxylic acids is 1. The van der Waals surface area contributed by atoms with Crippen molar-refractivity contribution in [3.05, 3.63) is 47.4 Å². The summed E-state index contributed by atoms with van der Waals surface area (Å²) in [6, 6.07) is 8.68. The minimum Gasteiger partial charge on any atom is -0.391 e. The van der Waals surface area contributed by atoms with Crippen molar-refractivity contribution in [1.29, 1.82) is 0 Å². The highest BCUT2D eigenvalue weighted by atomic mass is 16.3. The van der Waals surface area contributed by atoms with Crippen molar-refractivity contribution in [2.24, 2.45) is 0 Å². The molecule has 8 nitrogen and oxygen atoms in total. The molecular weight excluding hydrogens is 440 g/mol. The first-order chi connectivity index (χ1) is 17.0. The van der Waals surface area contributed by atoms with Crippen molar-refractivity contribution in [2.45, 2.75) is 51.7 Å². The Morgan fingerprint density at radius 1 is 0.914 bits per heavy atom. The molecule has 3 saturated heterocycles. The number of amides is 1. The molecule has 0 saturated carbocycles. The summed E-state index contributed by atoms with van der Waals surface area (Å²) in [6.45, 7) is 11.5. The van der Waals surface area contributed by atoms with Crippen molar-refractivity contribution < 1.29 is 9.90 Å². The standard InChI is InChI=1S/C27H38N6O2/c1-20-18-28-21(2)26(29-20)32-16-14-31(15-17-32)24-9-12-30(13-10-24)23-7-5-22(6-8-23)27(35)33-11-3-4-25(34)19-33/h5-8,18,24-25,34H,3-4,9-17,19H2,1-2H3/t25-/m1/s1. The van der Waals surface area contributed by atoms with Gasteiger partial charge in [0.25, 0.3) is 5.91 Å². The lowest BCUT2D eigenvalue weighted by Gasteiger charge is -2.43. The van der Waals surface area contributed by atoms with Crippen LogP contribution in [0.5, 0.6) is 0 Å². The smallest absolute Gasteiger partial charge is 0.253 e. The Morgan fingerprint density at radius 2 is 1.63 bits per heavy atom. The maximum Gasteiger partial charge on any atom is 0.253 e. The first-order valence-electron chi connectivity index (χ1n) is 13.1. The van der Waals surface area contributed by atoms with Gasteiger partial charge in [-0.1, -0.05) is 0 Å². The van der Waals surface area contributed by atoms with Gasteiger partial charge < -0.3 is 19.8 Å². The van der Waals surface area contributed by atoms with Crippen LogP contribution in [0.25, 0.3) is 0 Å². The number of aromatic nitrogens is 2. The number of hydrogen-bond donors (Lipinski definition) is 1. The van der Waals surface area contributed by atoms with E-state index >= 15 is 0 Å². The van der Waals surface area contributed by atoms with E-state index in [0.717, 1.165) is 88.7 Å². The summed E-state index contributed by atoms with van der Waals surface area (Å²) in [4.78, 5) is 31.3. The van der Waals surface area contributed by atoms with Crippen molar-refractivity contribution in [3.8, 4) is 0 Å². The van der Waals surface area contributed by atoms with Crippen LogP contribution in [0.3, 0.4) is 0 Å². The fraction of sp³-hybridized carbons (Fsp3) is 0.593. The molecule has 3 fully saturated rings. The van der Waals surface area contributed by atoms with Crippen LogP contribution in [0.1, 0.15) is 47.4 Å².